The van der Waals surface area contributed by atoms with Gasteiger partial charge in [0.25, 0.3) is 5.91 Å². The molecule has 0 bridgehead atoms. The summed E-state index contributed by atoms with van der Waals surface area (Å²) >= 11 is 6.09. The molecule has 1 heterocycles. The molecule has 1 atom stereocenters. The van der Waals surface area contributed by atoms with Crippen molar-refractivity contribution in [2.45, 2.75) is 6.04 Å². The minimum absolute atomic E-state index is 0.00849. The van der Waals surface area contributed by atoms with Gasteiger partial charge in [0.2, 0.25) is 0 Å². The lowest BCUT2D eigenvalue weighted by atomic mass is 10.1. The number of hydrogen-bond donors (Lipinski definition) is 4. The van der Waals surface area contributed by atoms with Crippen LogP contribution in [0.15, 0.2) is 47.5 Å². The summed E-state index contributed by atoms with van der Waals surface area (Å²) in [6.07, 6.45) is 5.34. The molecule has 0 spiro atoms. The second-order valence-electron chi connectivity index (χ2n) is 5.32. The number of aliphatic imine (C=N–C) groups is 1. The number of hydrogen-bond acceptors (Lipinski definition) is 8. The number of nitrogens with one attached hydrogen (secondary N) is 1. The largest absolute Gasteiger partial charge is 0.497 e. The van der Waals surface area contributed by atoms with Crippen molar-refractivity contribution >= 4 is 29.5 Å². The van der Waals surface area contributed by atoms with Crippen molar-refractivity contribution in [3.05, 3.63) is 58.8 Å². The van der Waals surface area contributed by atoms with Gasteiger partial charge in [-0.25, -0.2) is 9.97 Å². The van der Waals surface area contributed by atoms with E-state index in [9.17, 15) is 4.79 Å². The fourth-order valence-corrected chi connectivity index (χ4v) is 2.41. The molecule has 7 N–H and O–H groups in total. The average molecular weight is 390 g/mol. The van der Waals surface area contributed by atoms with Gasteiger partial charge in [-0.1, -0.05) is 11.6 Å². The molecule has 2 rings (SSSR count). The first-order chi connectivity index (χ1) is 13.0. The van der Waals surface area contributed by atoms with Crippen LogP contribution in [0.2, 0.25) is 5.02 Å². The number of methoxy groups -OCH3 is 1. The molecule has 1 amide bonds. The van der Waals surface area contributed by atoms with E-state index in [1.165, 1.54) is 24.8 Å². The van der Waals surface area contributed by atoms with Gasteiger partial charge < -0.3 is 27.3 Å². The zero-order valence-corrected chi connectivity index (χ0v) is 15.3. The highest BCUT2D eigenvalue weighted by molar-refractivity contribution is 6.30. The number of ether oxygens (including phenoxy) is 1. The maximum atomic E-state index is 12.2. The lowest BCUT2D eigenvalue weighted by Crippen LogP contribution is -2.26. The molecule has 0 fully saturated rings. The molecule has 0 radical (unpaired) electrons. The zero-order chi connectivity index (χ0) is 19.8. The Kier molecular flexibility index (Phi) is 7.09. The highest BCUT2D eigenvalue weighted by Crippen LogP contribution is 2.26. The maximum absolute atomic E-state index is 12.2. The number of halogens is 1. The summed E-state index contributed by atoms with van der Waals surface area (Å²) in [5.74, 6) is 0.0406. The van der Waals surface area contributed by atoms with Gasteiger partial charge in [0.05, 0.1) is 18.8 Å². The SMILES string of the molecule is COc1cc(Cl)cc(C(CN)N=C/C(=C\N)NC(=O)c2nccnc2N)c1. The van der Waals surface area contributed by atoms with Gasteiger partial charge >= 0.3 is 0 Å². The number of anilines is 1. The van der Waals surface area contributed by atoms with Crippen LogP contribution < -0.4 is 27.3 Å². The lowest BCUT2D eigenvalue weighted by Gasteiger charge is -2.13. The Labute approximate surface area is 161 Å². The number of allylic oxidation sites excluding steroid dienone is 1. The van der Waals surface area contributed by atoms with Crippen molar-refractivity contribution in [2.24, 2.45) is 16.5 Å². The molecular weight excluding hydrogens is 370 g/mol. The van der Waals surface area contributed by atoms with E-state index in [0.717, 1.165) is 5.56 Å². The molecular formula is C17H20ClN7O2. The highest BCUT2D eigenvalue weighted by atomic mass is 35.5. The Morgan fingerprint density at radius 1 is 1.37 bits per heavy atom. The van der Waals surface area contributed by atoms with Gasteiger partial charge in [-0.15, -0.1) is 0 Å². The van der Waals surface area contributed by atoms with E-state index in [0.29, 0.717) is 10.8 Å². The van der Waals surface area contributed by atoms with Crippen LogP contribution in [-0.4, -0.2) is 35.7 Å². The van der Waals surface area contributed by atoms with E-state index >= 15 is 0 Å². The molecule has 0 aliphatic rings. The first-order valence-corrected chi connectivity index (χ1v) is 8.23. The second kappa shape index (κ2) is 9.51. The van der Waals surface area contributed by atoms with Crippen molar-refractivity contribution < 1.29 is 9.53 Å². The van der Waals surface area contributed by atoms with Crippen LogP contribution in [-0.2, 0) is 0 Å². The first kappa shape index (κ1) is 20.1. The number of rotatable bonds is 7. The van der Waals surface area contributed by atoms with E-state index < -0.39 is 11.9 Å². The number of nitrogens with two attached hydrogens (primary N) is 3. The standard InChI is InChI=1S/C17H20ClN7O2/c1-27-13-5-10(4-11(18)6-13)14(8-20)24-9-12(7-19)25-17(26)15-16(21)23-3-2-22-15/h2-7,9,14H,8,19-20H2,1H3,(H2,21,23)(H,25,26)/b12-7+,24-9?. The Hall–Kier alpha value is -3.17. The molecule has 0 aliphatic carbocycles. The summed E-state index contributed by atoms with van der Waals surface area (Å²) in [4.78, 5) is 24.3. The minimum Gasteiger partial charge on any atom is -0.497 e. The number of nitrogen functional groups attached to an aromatic ring is 1. The fraction of sp³-hybridized carbons (Fsp3) is 0.176. The summed E-state index contributed by atoms with van der Waals surface area (Å²) in [5, 5.41) is 3.06. The third-order valence-electron chi connectivity index (χ3n) is 3.51. The van der Waals surface area contributed by atoms with Crippen LogP contribution in [0.5, 0.6) is 5.75 Å². The average Bonchev–Trinajstić information content (AvgIpc) is 2.67. The molecule has 1 aromatic carbocycles. The first-order valence-electron chi connectivity index (χ1n) is 7.86. The second-order valence-corrected chi connectivity index (χ2v) is 5.76. The smallest absolute Gasteiger partial charge is 0.278 e. The number of amides is 1. The van der Waals surface area contributed by atoms with Crippen LogP contribution in [0.4, 0.5) is 5.82 Å². The van der Waals surface area contributed by atoms with Crippen molar-refractivity contribution in [3.8, 4) is 5.75 Å². The summed E-state index contributed by atoms with van der Waals surface area (Å²) < 4.78 is 5.20. The number of benzene rings is 1. The maximum Gasteiger partial charge on any atom is 0.278 e. The van der Waals surface area contributed by atoms with Crippen LogP contribution in [0.25, 0.3) is 0 Å². The third-order valence-corrected chi connectivity index (χ3v) is 3.73. The molecule has 0 saturated heterocycles. The number of nitrogens with zero attached hydrogens (tertiary/aromatic N) is 3. The Bertz CT molecular complexity index is 870. The van der Waals surface area contributed by atoms with E-state index in [1.807, 2.05) is 0 Å². The molecule has 1 unspecified atom stereocenters. The van der Waals surface area contributed by atoms with Crippen molar-refractivity contribution in [1.82, 2.24) is 15.3 Å². The molecule has 27 heavy (non-hydrogen) atoms. The number of carbonyl (C=O) groups excluding carboxylic acids is 1. The van der Waals surface area contributed by atoms with Crippen molar-refractivity contribution in [2.75, 3.05) is 19.4 Å². The molecule has 142 valence electrons. The summed E-state index contributed by atoms with van der Waals surface area (Å²) in [5.41, 5.74) is 18.0. The summed E-state index contributed by atoms with van der Waals surface area (Å²) in [7, 11) is 1.54. The van der Waals surface area contributed by atoms with E-state index in [-0.39, 0.29) is 23.8 Å². The van der Waals surface area contributed by atoms with Crippen LogP contribution in [0, 0.1) is 0 Å². The quantitative estimate of drug-likeness (QED) is 0.515. The molecule has 9 nitrogen and oxygen atoms in total. The highest BCUT2D eigenvalue weighted by Gasteiger charge is 2.14. The number of carbonyl (C=O) groups is 1. The molecule has 10 heteroatoms. The summed E-state index contributed by atoms with van der Waals surface area (Å²) in [6, 6.07) is 4.79. The summed E-state index contributed by atoms with van der Waals surface area (Å²) in [6.45, 7) is 0.211. The number of aromatic nitrogens is 2. The van der Waals surface area contributed by atoms with Gasteiger partial charge in [-0.3, -0.25) is 9.79 Å². The van der Waals surface area contributed by atoms with Gasteiger partial charge in [-0.2, -0.15) is 0 Å². The van der Waals surface area contributed by atoms with Crippen LogP contribution >= 0.6 is 11.6 Å². The monoisotopic (exact) mass is 389 g/mol. The fourth-order valence-electron chi connectivity index (χ4n) is 2.18. The predicted octanol–water partition coefficient (Wildman–Crippen LogP) is 1.02. The van der Waals surface area contributed by atoms with Crippen molar-refractivity contribution in [1.29, 1.82) is 0 Å². The minimum atomic E-state index is -0.558. The van der Waals surface area contributed by atoms with Crippen molar-refractivity contribution in [3.63, 3.8) is 0 Å². The van der Waals surface area contributed by atoms with Gasteiger partial charge in [0, 0.05) is 36.4 Å². The normalized spacial score (nSPS) is 12.8. The van der Waals surface area contributed by atoms with Gasteiger partial charge in [0.15, 0.2) is 11.5 Å². The molecule has 1 aromatic heterocycles. The topological polar surface area (TPSA) is 155 Å². The lowest BCUT2D eigenvalue weighted by molar-refractivity contribution is 0.0963. The van der Waals surface area contributed by atoms with Gasteiger partial charge in [0.1, 0.15) is 5.75 Å². The predicted molar refractivity (Wildman–Crippen MR) is 104 cm³/mol. The molecule has 0 saturated carbocycles. The van der Waals surface area contributed by atoms with Crippen LogP contribution in [0.1, 0.15) is 22.1 Å². The Morgan fingerprint density at radius 3 is 2.74 bits per heavy atom. The van der Waals surface area contributed by atoms with E-state index in [2.05, 4.69) is 20.3 Å². The van der Waals surface area contributed by atoms with E-state index in [1.54, 1.807) is 25.3 Å². The Morgan fingerprint density at radius 2 is 2.11 bits per heavy atom. The van der Waals surface area contributed by atoms with Crippen LogP contribution in [0.3, 0.4) is 0 Å². The Balaban J connectivity index is 2.16. The molecule has 2 aromatic rings. The zero-order valence-electron chi connectivity index (χ0n) is 14.6. The molecule has 0 aliphatic heterocycles. The van der Waals surface area contributed by atoms with E-state index in [4.69, 9.17) is 33.5 Å². The van der Waals surface area contributed by atoms with Gasteiger partial charge in [-0.05, 0) is 23.8 Å². The third kappa shape index (κ3) is 5.40.